The molecule has 0 N–H and O–H groups in total. The van der Waals surface area contributed by atoms with Gasteiger partial charge < -0.3 is 0 Å². The Labute approximate surface area is 107 Å². The Hall–Kier alpha value is -2.08. The molecule has 0 saturated carbocycles. The molecule has 1 aliphatic carbocycles. The summed E-state index contributed by atoms with van der Waals surface area (Å²) in [4.78, 5) is 0. The fourth-order valence-electron chi connectivity index (χ4n) is 3.22. The van der Waals surface area contributed by atoms with Crippen LogP contribution in [0.3, 0.4) is 0 Å². The van der Waals surface area contributed by atoms with Crippen molar-refractivity contribution in [3.63, 3.8) is 0 Å². The van der Waals surface area contributed by atoms with Crippen LogP contribution in [0.25, 0.3) is 10.8 Å². The second-order valence-electron chi connectivity index (χ2n) is 5.03. The Bertz CT molecular complexity index is 705. The lowest BCUT2D eigenvalue weighted by molar-refractivity contribution is 0.848. The lowest BCUT2D eigenvalue weighted by Crippen LogP contribution is -1.97. The molecular formula is C18H14. The van der Waals surface area contributed by atoms with Crippen molar-refractivity contribution in [2.75, 3.05) is 0 Å². The Morgan fingerprint density at radius 1 is 0.722 bits per heavy atom. The van der Waals surface area contributed by atoms with E-state index in [-0.39, 0.29) is 0 Å². The summed E-state index contributed by atoms with van der Waals surface area (Å²) < 4.78 is 0. The van der Waals surface area contributed by atoms with Gasteiger partial charge in [0.25, 0.3) is 0 Å². The average molecular weight is 230 g/mol. The molecule has 0 amide bonds. The summed E-state index contributed by atoms with van der Waals surface area (Å²) in [6, 6.07) is 24.2. The largest absolute Gasteiger partial charge is 0.0622 e. The number of rotatable bonds is 1. The Morgan fingerprint density at radius 2 is 1.50 bits per heavy atom. The Kier molecular flexibility index (Phi) is 2.04. The van der Waals surface area contributed by atoms with E-state index in [1.807, 2.05) is 0 Å². The SMILES string of the molecule is c1ccc(C2Cc3cccc4cccc2c34)cc1. The summed E-state index contributed by atoms with van der Waals surface area (Å²) in [5.74, 6) is 0.535. The number of benzene rings is 3. The van der Waals surface area contributed by atoms with E-state index in [9.17, 15) is 0 Å². The minimum Gasteiger partial charge on any atom is -0.0622 e. The van der Waals surface area contributed by atoms with Gasteiger partial charge in [0.1, 0.15) is 0 Å². The van der Waals surface area contributed by atoms with Crippen LogP contribution in [0.4, 0.5) is 0 Å². The van der Waals surface area contributed by atoms with E-state index < -0.39 is 0 Å². The molecule has 4 rings (SSSR count). The van der Waals surface area contributed by atoms with Crippen molar-refractivity contribution in [3.8, 4) is 0 Å². The van der Waals surface area contributed by atoms with Crippen molar-refractivity contribution in [1.29, 1.82) is 0 Å². The van der Waals surface area contributed by atoms with Crippen molar-refractivity contribution >= 4 is 10.8 Å². The molecule has 0 spiro atoms. The van der Waals surface area contributed by atoms with E-state index >= 15 is 0 Å². The van der Waals surface area contributed by atoms with Gasteiger partial charge in [0.15, 0.2) is 0 Å². The fourth-order valence-corrected chi connectivity index (χ4v) is 3.22. The van der Waals surface area contributed by atoms with Crippen LogP contribution in [0.15, 0.2) is 66.7 Å². The van der Waals surface area contributed by atoms with Crippen LogP contribution in [-0.4, -0.2) is 0 Å². The predicted octanol–water partition coefficient (Wildman–Crippen LogP) is 4.53. The molecular weight excluding hydrogens is 216 g/mol. The maximum Gasteiger partial charge on any atom is 0.0136 e. The summed E-state index contributed by atoms with van der Waals surface area (Å²) in [7, 11) is 0. The summed E-state index contributed by atoms with van der Waals surface area (Å²) in [5, 5.41) is 2.86. The second-order valence-corrected chi connectivity index (χ2v) is 5.03. The summed E-state index contributed by atoms with van der Waals surface area (Å²) in [6.45, 7) is 0. The molecule has 0 heterocycles. The molecule has 1 atom stereocenters. The molecule has 3 aromatic carbocycles. The Morgan fingerprint density at radius 3 is 2.33 bits per heavy atom. The average Bonchev–Trinajstić information content (AvgIpc) is 2.82. The van der Waals surface area contributed by atoms with Gasteiger partial charge in [-0.05, 0) is 33.9 Å². The van der Waals surface area contributed by atoms with Crippen molar-refractivity contribution < 1.29 is 0 Å². The molecule has 86 valence electrons. The topological polar surface area (TPSA) is 0 Å². The van der Waals surface area contributed by atoms with E-state index in [4.69, 9.17) is 0 Å². The minimum absolute atomic E-state index is 0.535. The van der Waals surface area contributed by atoms with Gasteiger partial charge in [-0.2, -0.15) is 0 Å². The summed E-state index contributed by atoms with van der Waals surface area (Å²) in [6.07, 6.45) is 1.14. The third-order valence-corrected chi connectivity index (χ3v) is 4.02. The van der Waals surface area contributed by atoms with Crippen LogP contribution in [0.5, 0.6) is 0 Å². The normalized spacial score (nSPS) is 17.2. The van der Waals surface area contributed by atoms with Crippen LogP contribution >= 0.6 is 0 Å². The van der Waals surface area contributed by atoms with E-state index in [0.29, 0.717) is 5.92 Å². The molecule has 18 heavy (non-hydrogen) atoms. The highest BCUT2D eigenvalue weighted by atomic mass is 14.3. The molecule has 3 aromatic rings. The predicted molar refractivity (Wildman–Crippen MR) is 75.9 cm³/mol. The van der Waals surface area contributed by atoms with Crippen LogP contribution in [-0.2, 0) is 6.42 Å². The van der Waals surface area contributed by atoms with E-state index in [0.717, 1.165) is 6.42 Å². The zero-order valence-electron chi connectivity index (χ0n) is 10.1. The van der Waals surface area contributed by atoms with E-state index in [1.165, 1.54) is 27.5 Å². The zero-order chi connectivity index (χ0) is 11.9. The van der Waals surface area contributed by atoms with Crippen molar-refractivity contribution in [3.05, 3.63) is 83.4 Å². The molecule has 0 aromatic heterocycles. The van der Waals surface area contributed by atoms with Gasteiger partial charge in [-0.25, -0.2) is 0 Å². The van der Waals surface area contributed by atoms with Gasteiger partial charge in [-0.3, -0.25) is 0 Å². The molecule has 0 nitrogen and oxygen atoms in total. The first kappa shape index (κ1) is 9.90. The summed E-state index contributed by atoms with van der Waals surface area (Å²) >= 11 is 0. The molecule has 0 heteroatoms. The maximum absolute atomic E-state index is 2.29. The highest BCUT2D eigenvalue weighted by Gasteiger charge is 2.24. The molecule has 0 bridgehead atoms. The lowest BCUT2D eigenvalue weighted by Gasteiger charge is -2.11. The fraction of sp³-hybridized carbons (Fsp3) is 0.111. The first-order chi connectivity index (χ1) is 8.93. The quantitative estimate of drug-likeness (QED) is 0.576. The van der Waals surface area contributed by atoms with E-state index in [2.05, 4.69) is 66.7 Å². The zero-order valence-corrected chi connectivity index (χ0v) is 10.1. The lowest BCUT2D eigenvalue weighted by atomic mass is 9.92. The monoisotopic (exact) mass is 230 g/mol. The number of hydrogen-bond acceptors (Lipinski definition) is 0. The standard InChI is InChI=1S/C18H14/c1-2-6-13(7-3-1)17-12-15-10-4-8-14-9-5-11-16(17)18(14)15/h1-11,17H,12H2. The van der Waals surface area contributed by atoms with Gasteiger partial charge in [0.05, 0.1) is 0 Å². The minimum atomic E-state index is 0.535. The van der Waals surface area contributed by atoms with Crippen LogP contribution in [0, 0.1) is 0 Å². The van der Waals surface area contributed by atoms with Gasteiger partial charge in [-0.15, -0.1) is 0 Å². The molecule has 0 saturated heterocycles. The molecule has 0 radical (unpaired) electrons. The van der Waals surface area contributed by atoms with Gasteiger partial charge in [0, 0.05) is 5.92 Å². The first-order valence-corrected chi connectivity index (χ1v) is 6.49. The van der Waals surface area contributed by atoms with Gasteiger partial charge in [0.2, 0.25) is 0 Å². The maximum atomic E-state index is 2.29. The van der Waals surface area contributed by atoms with Crippen LogP contribution in [0.2, 0.25) is 0 Å². The smallest absolute Gasteiger partial charge is 0.0136 e. The third-order valence-electron chi connectivity index (χ3n) is 4.02. The van der Waals surface area contributed by atoms with Crippen molar-refractivity contribution in [2.45, 2.75) is 12.3 Å². The van der Waals surface area contributed by atoms with E-state index in [1.54, 1.807) is 0 Å². The molecule has 0 aliphatic heterocycles. The highest BCUT2D eigenvalue weighted by Crippen LogP contribution is 2.41. The van der Waals surface area contributed by atoms with Crippen LogP contribution < -0.4 is 0 Å². The van der Waals surface area contributed by atoms with Crippen LogP contribution in [0.1, 0.15) is 22.6 Å². The molecule has 1 aliphatic rings. The first-order valence-electron chi connectivity index (χ1n) is 6.49. The van der Waals surface area contributed by atoms with Crippen molar-refractivity contribution in [1.82, 2.24) is 0 Å². The van der Waals surface area contributed by atoms with Crippen molar-refractivity contribution in [2.24, 2.45) is 0 Å². The summed E-state index contributed by atoms with van der Waals surface area (Å²) in [5.41, 5.74) is 4.42. The second kappa shape index (κ2) is 3.71. The van der Waals surface area contributed by atoms with Gasteiger partial charge in [-0.1, -0.05) is 66.7 Å². The molecule has 0 fully saturated rings. The molecule has 1 unspecified atom stereocenters. The third kappa shape index (κ3) is 1.32. The number of hydrogen-bond donors (Lipinski definition) is 0. The Balaban J connectivity index is 1.97. The highest BCUT2D eigenvalue weighted by molar-refractivity contribution is 5.92. The van der Waals surface area contributed by atoms with Gasteiger partial charge >= 0.3 is 0 Å².